The number of nitrogens with one attached hydrogen (secondary N) is 1. The second-order valence-corrected chi connectivity index (χ2v) is 15.0. The maximum atomic E-state index is 4.01. The van der Waals surface area contributed by atoms with Gasteiger partial charge in [0.05, 0.1) is 0 Å². The van der Waals surface area contributed by atoms with Gasteiger partial charge in [-0.1, -0.05) is 42.9 Å². The number of benzene rings is 2. The Morgan fingerprint density at radius 2 is 1.31 bits per heavy atom. The van der Waals surface area contributed by atoms with Gasteiger partial charge < -0.3 is 4.98 Å². The van der Waals surface area contributed by atoms with Crippen molar-refractivity contribution in [1.29, 1.82) is 0 Å². The Hall–Kier alpha value is -1.64. The molecule has 2 aromatic rings. The quantitative estimate of drug-likeness (QED) is 0.520. The molecule has 1 nitrogen and oxygen atoms in total. The first kappa shape index (κ1) is 22.1. The molecule has 1 N–H and O–H groups in total. The van der Waals surface area contributed by atoms with E-state index in [9.17, 15) is 0 Å². The van der Waals surface area contributed by atoms with Gasteiger partial charge in [0.15, 0.2) is 0 Å². The highest BCUT2D eigenvalue weighted by Gasteiger charge is 2.41. The van der Waals surface area contributed by atoms with E-state index >= 15 is 0 Å². The summed E-state index contributed by atoms with van der Waals surface area (Å²) < 4.78 is 0. The maximum Gasteiger partial charge on any atom is 0.131 e. The third-order valence-corrected chi connectivity index (χ3v) is 10.6. The summed E-state index contributed by atoms with van der Waals surface area (Å²) in [6.45, 7) is 25.6. The molecule has 0 aliphatic heterocycles. The molecule has 156 valence electrons. The van der Waals surface area contributed by atoms with Crippen LogP contribution in [0.25, 0.3) is 17.2 Å². The third-order valence-electron chi connectivity index (χ3n) is 6.97. The first-order valence-electron chi connectivity index (χ1n) is 10.9. The zero-order valence-corrected chi connectivity index (χ0v) is 21.4. The van der Waals surface area contributed by atoms with Crippen LogP contribution in [0.5, 0.6) is 0 Å². The topological polar surface area (TPSA) is 12.0 Å². The zero-order valence-electron chi connectivity index (χ0n) is 20.4. The van der Waals surface area contributed by atoms with Crippen molar-refractivity contribution in [2.75, 3.05) is 0 Å². The van der Waals surface area contributed by atoms with Crippen molar-refractivity contribution in [3.63, 3.8) is 0 Å². The molecule has 0 radical (unpaired) electrons. The average Bonchev–Trinajstić information content (AvgIpc) is 2.94. The summed E-state index contributed by atoms with van der Waals surface area (Å²) in [6.07, 6.45) is 2.47. The first-order chi connectivity index (χ1) is 13.3. The normalized spacial score (nSPS) is 16.8. The lowest BCUT2D eigenvalue weighted by molar-refractivity contribution is 0.508. The Kier molecular flexibility index (Phi) is 5.51. The largest absolute Gasteiger partial charge is 0.332 e. The van der Waals surface area contributed by atoms with Crippen molar-refractivity contribution >= 4 is 14.3 Å². The summed E-state index contributed by atoms with van der Waals surface area (Å²) in [4.78, 5) is 4.01. The highest BCUT2D eigenvalue weighted by molar-refractivity contribution is 6.77. The van der Waals surface area contributed by atoms with E-state index in [4.69, 9.17) is 0 Å². The molecule has 0 aromatic heterocycles. The summed E-state index contributed by atoms with van der Waals surface area (Å²) in [5.74, 6) is 0. The molecule has 0 fully saturated rings. The van der Waals surface area contributed by atoms with Gasteiger partial charge in [-0.15, -0.1) is 0 Å². The fourth-order valence-electron chi connectivity index (χ4n) is 5.67. The molecule has 2 aromatic carbocycles. The molecule has 2 heteroatoms. The van der Waals surface area contributed by atoms with E-state index in [0.717, 1.165) is 0 Å². The Bertz CT molecular complexity index is 973. The summed E-state index contributed by atoms with van der Waals surface area (Å²) in [5, 5.41) is 0. The van der Waals surface area contributed by atoms with Gasteiger partial charge in [-0.25, -0.2) is 0 Å². The van der Waals surface area contributed by atoms with Crippen LogP contribution in [0.3, 0.4) is 0 Å². The van der Waals surface area contributed by atoms with E-state index < -0.39 is 8.24 Å². The van der Waals surface area contributed by atoms with E-state index in [2.05, 4.69) is 105 Å². The molecule has 0 saturated heterocycles. The lowest BCUT2D eigenvalue weighted by Gasteiger charge is -2.39. The van der Waals surface area contributed by atoms with Crippen LogP contribution in [0.4, 0.5) is 0 Å². The number of fused-ring (bicyclic) bond motifs is 1. The van der Waals surface area contributed by atoms with Crippen LogP contribution in [0.2, 0.25) is 13.1 Å². The second kappa shape index (κ2) is 7.25. The molecule has 29 heavy (non-hydrogen) atoms. The smallest absolute Gasteiger partial charge is 0.131 e. The van der Waals surface area contributed by atoms with E-state index in [1.54, 1.807) is 0 Å². The van der Waals surface area contributed by atoms with Gasteiger partial charge in [-0.05, 0) is 112 Å². The minimum Gasteiger partial charge on any atom is -0.332 e. The number of allylic oxidation sites excluding steroid dienone is 1. The Morgan fingerprint density at radius 1 is 0.793 bits per heavy atom. The summed E-state index contributed by atoms with van der Waals surface area (Å²) in [7, 11) is -1.72. The van der Waals surface area contributed by atoms with Crippen molar-refractivity contribution in [3.8, 4) is 11.1 Å². The Balaban J connectivity index is 2.23. The van der Waals surface area contributed by atoms with E-state index in [1.807, 2.05) is 0 Å². The Morgan fingerprint density at radius 3 is 1.83 bits per heavy atom. The van der Waals surface area contributed by atoms with Crippen molar-refractivity contribution in [2.24, 2.45) is 0 Å². The molecular weight excluding hydrogens is 366 g/mol. The molecule has 1 unspecified atom stereocenters. The monoisotopic (exact) mass is 405 g/mol. The SMILES string of the molecule is CC1=Cc2c(-c3c(C)c(C)c(C)c(C)c3C)cccc2C1[Si](C)(C)NC(C)(C)C. The molecule has 1 aliphatic carbocycles. The van der Waals surface area contributed by atoms with Crippen molar-refractivity contribution in [2.45, 2.75) is 86.5 Å². The van der Waals surface area contributed by atoms with Crippen molar-refractivity contribution < 1.29 is 0 Å². The van der Waals surface area contributed by atoms with Gasteiger partial charge in [-0.3, -0.25) is 0 Å². The van der Waals surface area contributed by atoms with Crippen LogP contribution in [-0.2, 0) is 0 Å². The summed E-state index contributed by atoms with van der Waals surface area (Å²) in [6, 6.07) is 6.98. The lowest BCUT2D eigenvalue weighted by atomic mass is 9.84. The predicted octanol–water partition coefficient (Wildman–Crippen LogP) is 7.53. The molecular formula is C27H39NSi. The molecule has 0 saturated carbocycles. The van der Waals surface area contributed by atoms with Gasteiger partial charge in [0.25, 0.3) is 0 Å². The van der Waals surface area contributed by atoms with E-state index in [0.29, 0.717) is 5.54 Å². The average molecular weight is 406 g/mol. The minimum atomic E-state index is -1.72. The first-order valence-corrected chi connectivity index (χ1v) is 14.0. The van der Waals surface area contributed by atoms with Gasteiger partial charge >= 0.3 is 0 Å². The fourth-order valence-corrected chi connectivity index (χ4v) is 10.00. The molecule has 0 bridgehead atoms. The van der Waals surface area contributed by atoms with Gasteiger partial charge in [0, 0.05) is 11.1 Å². The number of hydrogen-bond acceptors (Lipinski definition) is 1. The van der Waals surface area contributed by atoms with Gasteiger partial charge in [0.2, 0.25) is 0 Å². The third kappa shape index (κ3) is 3.78. The lowest BCUT2D eigenvalue weighted by Crippen LogP contribution is -2.58. The van der Waals surface area contributed by atoms with Crippen LogP contribution in [0, 0.1) is 34.6 Å². The standard InChI is InChI=1S/C27H39NSi/c1-16-15-24-22(25-20(5)18(3)17(2)19(4)21(25)6)13-12-14-23(24)26(16)29(10,11)28-27(7,8)9/h12-15,26,28H,1-11H3. The molecule has 1 atom stereocenters. The second-order valence-electron chi connectivity index (χ2n) is 10.7. The minimum absolute atomic E-state index is 0.134. The van der Waals surface area contributed by atoms with Crippen LogP contribution in [0.15, 0.2) is 23.8 Å². The van der Waals surface area contributed by atoms with Crippen molar-refractivity contribution in [1.82, 2.24) is 4.98 Å². The Labute approximate surface area is 179 Å². The zero-order chi connectivity index (χ0) is 21.9. The molecule has 3 rings (SSSR count). The summed E-state index contributed by atoms with van der Waals surface area (Å²) in [5.41, 5.74) is 15.1. The maximum absolute atomic E-state index is 4.01. The van der Waals surface area contributed by atoms with Gasteiger partial charge in [-0.2, -0.15) is 0 Å². The van der Waals surface area contributed by atoms with Gasteiger partial charge in [0.1, 0.15) is 8.24 Å². The fraction of sp³-hybridized carbons (Fsp3) is 0.481. The van der Waals surface area contributed by atoms with E-state index in [-0.39, 0.29) is 5.54 Å². The molecule has 0 amide bonds. The van der Waals surface area contributed by atoms with Crippen LogP contribution in [0.1, 0.15) is 72.2 Å². The number of hydrogen-bond donors (Lipinski definition) is 1. The molecule has 0 spiro atoms. The number of rotatable bonds is 3. The van der Waals surface area contributed by atoms with E-state index in [1.165, 1.54) is 55.6 Å². The van der Waals surface area contributed by atoms with Crippen molar-refractivity contribution in [3.05, 3.63) is 62.7 Å². The molecule has 1 aliphatic rings. The van der Waals surface area contributed by atoms with Crippen LogP contribution in [-0.4, -0.2) is 13.8 Å². The predicted molar refractivity (Wildman–Crippen MR) is 132 cm³/mol. The highest BCUT2D eigenvalue weighted by atomic mass is 28.3. The highest BCUT2D eigenvalue weighted by Crippen LogP contribution is 2.46. The van der Waals surface area contributed by atoms with Crippen LogP contribution >= 0.6 is 0 Å². The summed E-state index contributed by atoms with van der Waals surface area (Å²) >= 11 is 0. The van der Waals surface area contributed by atoms with Crippen LogP contribution < -0.4 is 4.98 Å². The molecule has 0 heterocycles.